The SMILES string of the molecule is CC1=C(C(=O)Nc2ccccc2C)[C@@H](c2cccc(C)c2)C2C(=O)CCCC2=N1. The van der Waals surface area contributed by atoms with Crippen LogP contribution >= 0.6 is 0 Å². The Bertz CT molecular complexity index is 1050. The number of nitrogens with one attached hydrogen (secondary N) is 1. The Morgan fingerprint density at radius 3 is 2.55 bits per heavy atom. The zero-order valence-electron chi connectivity index (χ0n) is 17.2. The Morgan fingerprint density at radius 1 is 1.00 bits per heavy atom. The number of ketones is 1. The zero-order valence-corrected chi connectivity index (χ0v) is 17.2. The molecule has 1 heterocycles. The number of benzene rings is 2. The summed E-state index contributed by atoms with van der Waals surface area (Å²) in [7, 11) is 0. The summed E-state index contributed by atoms with van der Waals surface area (Å²) in [4.78, 5) is 31.1. The quantitative estimate of drug-likeness (QED) is 0.795. The predicted octanol–water partition coefficient (Wildman–Crippen LogP) is 5.12. The topological polar surface area (TPSA) is 58.5 Å². The van der Waals surface area contributed by atoms with Crippen molar-refractivity contribution in [1.82, 2.24) is 0 Å². The maximum absolute atomic E-state index is 13.4. The number of Topliss-reactive ketones (excluding diaryl/α,β-unsaturated/α-hetero) is 1. The summed E-state index contributed by atoms with van der Waals surface area (Å²) < 4.78 is 0. The van der Waals surface area contributed by atoms with E-state index in [1.807, 2.05) is 63.2 Å². The fourth-order valence-electron chi connectivity index (χ4n) is 4.54. The number of anilines is 1. The van der Waals surface area contributed by atoms with E-state index < -0.39 is 0 Å². The lowest BCUT2D eigenvalue weighted by Gasteiger charge is -2.36. The van der Waals surface area contributed by atoms with E-state index in [-0.39, 0.29) is 23.5 Å². The van der Waals surface area contributed by atoms with Gasteiger partial charge in [-0.15, -0.1) is 0 Å². The summed E-state index contributed by atoms with van der Waals surface area (Å²) in [6.45, 7) is 5.89. The number of allylic oxidation sites excluding steroid dienone is 1. The van der Waals surface area contributed by atoms with Gasteiger partial charge in [-0.25, -0.2) is 0 Å². The van der Waals surface area contributed by atoms with Crippen LogP contribution in [-0.2, 0) is 9.59 Å². The molecule has 2 atom stereocenters. The number of aryl methyl sites for hydroxylation is 2. The van der Waals surface area contributed by atoms with Crippen LogP contribution in [0.5, 0.6) is 0 Å². The van der Waals surface area contributed by atoms with Gasteiger partial charge in [0.15, 0.2) is 0 Å². The molecule has 2 aromatic carbocycles. The molecule has 1 aliphatic carbocycles. The molecule has 4 rings (SSSR count). The first-order valence-electron chi connectivity index (χ1n) is 10.2. The van der Waals surface area contributed by atoms with Crippen molar-refractivity contribution < 1.29 is 9.59 Å². The fraction of sp³-hybridized carbons (Fsp3) is 0.320. The second kappa shape index (κ2) is 7.78. The van der Waals surface area contributed by atoms with Crippen LogP contribution in [0.15, 0.2) is 64.8 Å². The molecular formula is C25H26N2O2. The van der Waals surface area contributed by atoms with Crippen LogP contribution in [0.25, 0.3) is 0 Å². The number of carbonyl (C=O) groups is 2. The van der Waals surface area contributed by atoms with Crippen LogP contribution in [0.3, 0.4) is 0 Å². The second-order valence-corrected chi connectivity index (χ2v) is 8.06. The van der Waals surface area contributed by atoms with E-state index in [9.17, 15) is 9.59 Å². The largest absolute Gasteiger partial charge is 0.322 e. The summed E-state index contributed by atoms with van der Waals surface area (Å²) in [6, 6.07) is 15.9. The van der Waals surface area contributed by atoms with E-state index in [0.29, 0.717) is 17.7 Å². The van der Waals surface area contributed by atoms with E-state index in [1.165, 1.54) is 0 Å². The van der Waals surface area contributed by atoms with Crippen molar-refractivity contribution in [3.05, 3.63) is 76.5 Å². The predicted molar refractivity (Wildman–Crippen MR) is 116 cm³/mol. The van der Waals surface area contributed by atoms with Gasteiger partial charge in [-0.3, -0.25) is 14.6 Å². The first-order chi connectivity index (χ1) is 14.0. The molecule has 0 bridgehead atoms. The monoisotopic (exact) mass is 386 g/mol. The summed E-state index contributed by atoms with van der Waals surface area (Å²) >= 11 is 0. The van der Waals surface area contributed by atoms with Crippen molar-refractivity contribution in [2.75, 3.05) is 5.32 Å². The van der Waals surface area contributed by atoms with E-state index in [4.69, 9.17) is 4.99 Å². The molecule has 0 spiro atoms. The van der Waals surface area contributed by atoms with Gasteiger partial charge in [-0.2, -0.15) is 0 Å². The molecule has 0 aromatic heterocycles. The van der Waals surface area contributed by atoms with Gasteiger partial charge in [0.25, 0.3) is 5.91 Å². The van der Waals surface area contributed by atoms with Gasteiger partial charge in [0.2, 0.25) is 0 Å². The lowest BCUT2D eigenvalue weighted by atomic mass is 9.69. The number of amides is 1. The summed E-state index contributed by atoms with van der Waals surface area (Å²) in [5.41, 5.74) is 6.15. The van der Waals surface area contributed by atoms with Crippen LogP contribution < -0.4 is 5.32 Å². The molecule has 0 saturated heterocycles. The average Bonchev–Trinajstić information content (AvgIpc) is 2.69. The maximum Gasteiger partial charge on any atom is 0.254 e. The first-order valence-corrected chi connectivity index (χ1v) is 10.2. The zero-order chi connectivity index (χ0) is 20.5. The van der Waals surface area contributed by atoms with Crippen molar-refractivity contribution in [3.63, 3.8) is 0 Å². The van der Waals surface area contributed by atoms with Crippen LogP contribution in [0.4, 0.5) is 5.69 Å². The third kappa shape index (κ3) is 3.67. The molecule has 2 aliphatic rings. The van der Waals surface area contributed by atoms with E-state index in [2.05, 4.69) is 11.4 Å². The van der Waals surface area contributed by atoms with Gasteiger partial charge in [-0.05, 0) is 50.8 Å². The molecule has 1 aliphatic heterocycles. The number of rotatable bonds is 3. The number of fused-ring (bicyclic) bond motifs is 1. The third-order valence-corrected chi connectivity index (χ3v) is 5.95. The Morgan fingerprint density at radius 2 is 1.79 bits per heavy atom. The van der Waals surface area contributed by atoms with Crippen molar-refractivity contribution in [1.29, 1.82) is 0 Å². The van der Waals surface area contributed by atoms with Gasteiger partial charge >= 0.3 is 0 Å². The molecule has 1 saturated carbocycles. The lowest BCUT2D eigenvalue weighted by Crippen LogP contribution is -2.39. The van der Waals surface area contributed by atoms with Crippen LogP contribution in [-0.4, -0.2) is 17.4 Å². The normalized spacial score (nSPS) is 21.5. The van der Waals surface area contributed by atoms with Crippen molar-refractivity contribution >= 4 is 23.1 Å². The summed E-state index contributed by atoms with van der Waals surface area (Å²) in [5, 5.41) is 3.06. The van der Waals surface area contributed by atoms with Crippen LogP contribution in [0, 0.1) is 19.8 Å². The second-order valence-electron chi connectivity index (χ2n) is 8.06. The molecule has 1 amide bonds. The summed E-state index contributed by atoms with van der Waals surface area (Å²) in [5.74, 6) is -0.620. The molecule has 0 radical (unpaired) electrons. The number of carbonyl (C=O) groups excluding carboxylic acids is 2. The van der Waals surface area contributed by atoms with Crippen molar-refractivity contribution in [3.8, 4) is 0 Å². The van der Waals surface area contributed by atoms with Crippen molar-refractivity contribution in [2.45, 2.75) is 46.0 Å². The van der Waals surface area contributed by atoms with Gasteiger partial charge in [0, 0.05) is 35.0 Å². The average molecular weight is 386 g/mol. The Hall–Kier alpha value is -3.01. The lowest BCUT2D eigenvalue weighted by molar-refractivity contribution is -0.122. The van der Waals surface area contributed by atoms with Gasteiger partial charge in [0.05, 0.1) is 5.92 Å². The molecule has 2 aromatic rings. The minimum absolute atomic E-state index is 0.176. The molecule has 1 unspecified atom stereocenters. The smallest absolute Gasteiger partial charge is 0.254 e. The highest BCUT2D eigenvalue weighted by Crippen LogP contribution is 2.43. The van der Waals surface area contributed by atoms with Gasteiger partial charge < -0.3 is 5.32 Å². The number of nitrogens with zero attached hydrogens (tertiary/aromatic N) is 1. The van der Waals surface area contributed by atoms with Crippen molar-refractivity contribution in [2.24, 2.45) is 10.9 Å². The van der Waals surface area contributed by atoms with E-state index in [1.54, 1.807) is 0 Å². The Kier molecular flexibility index (Phi) is 5.18. The molecule has 4 nitrogen and oxygen atoms in total. The highest BCUT2D eigenvalue weighted by Gasteiger charge is 2.43. The fourth-order valence-corrected chi connectivity index (χ4v) is 4.54. The Labute approximate surface area is 171 Å². The molecule has 4 heteroatoms. The molecule has 1 N–H and O–H groups in total. The van der Waals surface area contributed by atoms with Crippen LogP contribution in [0.2, 0.25) is 0 Å². The highest BCUT2D eigenvalue weighted by atomic mass is 16.2. The Balaban J connectivity index is 1.81. The standard InChI is InChI=1S/C25H26N2O2/c1-15-8-6-10-18(14-15)23-22(25(29)27-19-11-5-4-9-16(19)2)17(3)26-20-12-7-13-21(28)24(20)23/h4-6,8-11,14,23-24H,7,12-13H2,1-3H3,(H,27,29)/t23-,24?/m1/s1. The minimum atomic E-state index is -0.341. The molecule has 1 fully saturated rings. The van der Waals surface area contributed by atoms with E-state index in [0.717, 1.165) is 40.9 Å². The number of hydrogen-bond acceptors (Lipinski definition) is 3. The van der Waals surface area contributed by atoms with E-state index >= 15 is 0 Å². The number of para-hydroxylation sites is 1. The summed E-state index contributed by atoms with van der Waals surface area (Å²) in [6.07, 6.45) is 2.22. The first kappa shape index (κ1) is 19.3. The number of aliphatic imine (C=N–C) groups is 1. The van der Waals surface area contributed by atoms with Crippen LogP contribution in [0.1, 0.15) is 48.8 Å². The molecule has 148 valence electrons. The highest BCUT2D eigenvalue weighted by molar-refractivity contribution is 6.14. The minimum Gasteiger partial charge on any atom is -0.322 e. The maximum atomic E-state index is 13.4. The van der Waals surface area contributed by atoms with Gasteiger partial charge in [0.1, 0.15) is 5.78 Å². The molecular weight excluding hydrogens is 360 g/mol. The number of hydrogen-bond donors (Lipinski definition) is 1. The molecule has 29 heavy (non-hydrogen) atoms. The third-order valence-electron chi connectivity index (χ3n) is 5.95. The van der Waals surface area contributed by atoms with Gasteiger partial charge in [-0.1, -0.05) is 48.0 Å².